The van der Waals surface area contributed by atoms with Gasteiger partial charge in [0.05, 0.1) is 6.07 Å². The summed E-state index contributed by atoms with van der Waals surface area (Å²) in [4.78, 5) is 0. The van der Waals surface area contributed by atoms with Gasteiger partial charge in [0.2, 0.25) is 0 Å². The van der Waals surface area contributed by atoms with Crippen LogP contribution in [-0.4, -0.2) is 14.4 Å². The summed E-state index contributed by atoms with van der Waals surface area (Å²) < 4.78 is 5.77. The third-order valence-corrected chi connectivity index (χ3v) is 3.15. The Kier molecular flexibility index (Phi) is 2.92. The fraction of sp³-hybridized carbons (Fsp3) is 0.889. The van der Waals surface area contributed by atoms with Gasteiger partial charge in [-0.05, 0) is 38.4 Å². The Balaban J connectivity index is 2.41. The quantitative estimate of drug-likeness (QED) is 0.630. The highest BCUT2D eigenvalue weighted by molar-refractivity contribution is 6.69. The fourth-order valence-electron chi connectivity index (χ4n) is 1.35. The Morgan fingerprint density at radius 2 is 2.00 bits per heavy atom. The van der Waals surface area contributed by atoms with E-state index in [1.165, 1.54) is 19.3 Å². The lowest BCUT2D eigenvalue weighted by atomic mass is 9.82. The van der Waals surface area contributed by atoms with Gasteiger partial charge >= 0.3 is 0 Å². The molecule has 0 radical (unpaired) electrons. The Labute approximate surface area is 75.7 Å². The first-order valence-corrected chi connectivity index (χ1v) is 8.01. The average Bonchev–Trinajstić information content (AvgIpc) is 1.79. The van der Waals surface area contributed by atoms with Crippen LogP contribution in [-0.2, 0) is 4.43 Å². The molecule has 1 aliphatic rings. The van der Waals surface area contributed by atoms with Crippen molar-refractivity contribution < 1.29 is 4.43 Å². The van der Waals surface area contributed by atoms with E-state index in [2.05, 4.69) is 25.7 Å². The molecule has 0 aromatic carbocycles. The number of rotatable bonds is 3. The lowest BCUT2D eigenvalue weighted by molar-refractivity contribution is 0.121. The van der Waals surface area contributed by atoms with Gasteiger partial charge in [0, 0.05) is 0 Å². The van der Waals surface area contributed by atoms with E-state index in [0.29, 0.717) is 5.92 Å². The van der Waals surface area contributed by atoms with Gasteiger partial charge in [-0.1, -0.05) is 6.42 Å². The van der Waals surface area contributed by atoms with E-state index in [-0.39, 0.29) is 6.10 Å². The summed E-state index contributed by atoms with van der Waals surface area (Å²) in [6, 6.07) is 2.27. The normalized spacial score (nSPS) is 21.2. The first-order valence-electron chi connectivity index (χ1n) is 4.60. The van der Waals surface area contributed by atoms with Gasteiger partial charge < -0.3 is 4.43 Å². The predicted octanol–water partition coefficient (Wildman–Crippen LogP) is 2.53. The number of nitrogens with zero attached hydrogens (tertiary/aromatic N) is 1. The molecule has 12 heavy (non-hydrogen) atoms. The average molecular weight is 183 g/mol. The van der Waals surface area contributed by atoms with E-state index in [4.69, 9.17) is 9.69 Å². The van der Waals surface area contributed by atoms with Crippen LogP contribution in [0.5, 0.6) is 0 Å². The van der Waals surface area contributed by atoms with E-state index in [1.807, 2.05) is 0 Å². The molecule has 0 amide bonds. The van der Waals surface area contributed by atoms with Crippen molar-refractivity contribution in [1.29, 1.82) is 5.26 Å². The van der Waals surface area contributed by atoms with Crippen LogP contribution in [0, 0.1) is 17.2 Å². The summed E-state index contributed by atoms with van der Waals surface area (Å²) in [6.07, 6.45) is 3.52. The topological polar surface area (TPSA) is 33.0 Å². The highest BCUT2D eigenvalue weighted by Crippen LogP contribution is 2.32. The van der Waals surface area contributed by atoms with Crippen LogP contribution >= 0.6 is 0 Å². The van der Waals surface area contributed by atoms with Crippen LogP contribution < -0.4 is 0 Å². The minimum Gasteiger partial charge on any atom is -0.402 e. The molecule has 0 spiro atoms. The van der Waals surface area contributed by atoms with Gasteiger partial charge in [0.25, 0.3) is 0 Å². The molecule has 1 saturated carbocycles. The SMILES string of the molecule is C[Si](C)(C)OC(C#N)C1CCC1. The molecule has 0 N–H and O–H groups in total. The van der Waals surface area contributed by atoms with Crippen LogP contribution in [0.25, 0.3) is 0 Å². The van der Waals surface area contributed by atoms with Gasteiger partial charge in [-0.15, -0.1) is 0 Å². The summed E-state index contributed by atoms with van der Waals surface area (Å²) >= 11 is 0. The van der Waals surface area contributed by atoms with Crippen LogP contribution in [0.1, 0.15) is 19.3 Å². The number of nitriles is 1. The molecule has 0 saturated heterocycles. The summed E-state index contributed by atoms with van der Waals surface area (Å²) in [7, 11) is -1.51. The third kappa shape index (κ3) is 2.61. The van der Waals surface area contributed by atoms with Crippen LogP contribution in [0.4, 0.5) is 0 Å². The van der Waals surface area contributed by atoms with Crippen molar-refractivity contribution in [3.8, 4) is 6.07 Å². The smallest absolute Gasteiger partial charge is 0.185 e. The minimum atomic E-state index is -1.51. The first kappa shape index (κ1) is 9.75. The summed E-state index contributed by atoms with van der Waals surface area (Å²) in [6.45, 7) is 6.40. The third-order valence-electron chi connectivity index (χ3n) is 2.19. The Morgan fingerprint density at radius 1 is 1.42 bits per heavy atom. The molecular formula is C9H17NOSi. The Hall–Kier alpha value is -0.333. The van der Waals surface area contributed by atoms with Gasteiger partial charge in [-0.3, -0.25) is 0 Å². The van der Waals surface area contributed by atoms with Gasteiger partial charge in [0.1, 0.15) is 6.10 Å². The minimum absolute atomic E-state index is 0.120. The monoisotopic (exact) mass is 183 g/mol. The number of hydrogen-bond acceptors (Lipinski definition) is 2. The van der Waals surface area contributed by atoms with Crippen LogP contribution in [0.2, 0.25) is 19.6 Å². The molecule has 3 heteroatoms. The molecule has 1 rings (SSSR count). The molecule has 0 bridgehead atoms. The lowest BCUT2D eigenvalue weighted by Crippen LogP contribution is -2.37. The van der Waals surface area contributed by atoms with E-state index in [0.717, 1.165) is 0 Å². The van der Waals surface area contributed by atoms with Gasteiger partial charge in [-0.2, -0.15) is 5.26 Å². The van der Waals surface area contributed by atoms with E-state index in [1.54, 1.807) is 0 Å². The standard InChI is InChI=1S/C9H17NOSi/c1-12(2,3)11-9(7-10)8-5-4-6-8/h8-9H,4-6H2,1-3H3. The molecule has 1 fully saturated rings. The zero-order valence-corrected chi connectivity index (χ0v) is 9.13. The molecule has 68 valence electrons. The molecule has 0 aromatic rings. The van der Waals surface area contributed by atoms with Crippen molar-refractivity contribution in [2.75, 3.05) is 0 Å². The summed E-state index contributed by atoms with van der Waals surface area (Å²) in [5, 5.41) is 8.87. The molecular weight excluding hydrogens is 166 g/mol. The second-order valence-corrected chi connectivity index (χ2v) is 8.93. The molecule has 0 aromatic heterocycles. The molecule has 0 aliphatic heterocycles. The second-order valence-electron chi connectivity index (χ2n) is 4.47. The molecule has 0 heterocycles. The number of hydrogen-bond donors (Lipinski definition) is 0. The van der Waals surface area contributed by atoms with Crippen molar-refractivity contribution >= 4 is 8.32 Å². The molecule has 1 atom stereocenters. The van der Waals surface area contributed by atoms with E-state index in [9.17, 15) is 0 Å². The largest absolute Gasteiger partial charge is 0.402 e. The van der Waals surface area contributed by atoms with Crippen molar-refractivity contribution in [1.82, 2.24) is 0 Å². The summed E-state index contributed by atoms with van der Waals surface area (Å²) in [5.74, 6) is 0.529. The van der Waals surface area contributed by atoms with Crippen LogP contribution in [0.15, 0.2) is 0 Å². The van der Waals surface area contributed by atoms with Crippen molar-refractivity contribution in [3.63, 3.8) is 0 Å². The zero-order valence-electron chi connectivity index (χ0n) is 8.13. The van der Waals surface area contributed by atoms with Crippen molar-refractivity contribution in [2.45, 2.75) is 45.0 Å². The first-order chi connectivity index (χ1) is 5.53. The highest BCUT2D eigenvalue weighted by atomic mass is 28.4. The van der Waals surface area contributed by atoms with Crippen molar-refractivity contribution in [2.24, 2.45) is 5.92 Å². The maximum absolute atomic E-state index is 8.87. The zero-order chi connectivity index (χ0) is 9.19. The van der Waals surface area contributed by atoms with Gasteiger partial charge in [-0.25, -0.2) is 0 Å². The lowest BCUT2D eigenvalue weighted by Gasteiger charge is -2.33. The maximum atomic E-state index is 8.87. The van der Waals surface area contributed by atoms with Crippen LogP contribution in [0.3, 0.4) is 0 Å². The maximum Gasteiger partial charge on any atom is 0.185 e. The molecule has 1 unspecified atom stereocenters. The molecule has 1 aliphatic carbocycles. The highest BCUT2D eigenvalue weighted by Gasteiger charge is 2.31. The van der Waals surface area contributed by atoms with Crippen molar-refractivity contribution in [3.05, 3.63) is 0 Å². The predicted molar refractivity (Wildman–Crippen MR) is 51.2 cm³/mol. The van der Waals surface area contributed by atoms with E-state index < -0.39 is 8.32 Å². The van der Waals surface area contributed by atoms with E-state index >= 15 is 0 Å². The fourth-order valence-corrected chi connectivity index (χ4v) is 2.36. The summed E-state index contributed by atoms with van der Waals surface area (Å²) in [5.41, 5.74) is 0. The van der Waals surface area contributed by atoms with Gasteiger partial charge in [0.15, 0.2) is 8.32 Å². The Morgan fingerprint density at radius 3 is 2.25 bits per heavy atom. The molecule has 2 nitrogen and oxygen atoms in total. The second kappa shape index (κ2) is 3.59. The Bertz CT molecular complexity index is 188.